The van der Waals surface area contributed by atoms with Crippen molar-refractivity contribution < 1.29 is 14.7 Å². The Morgan fingerprint density at radius 1 is 1.26 bits per heavy atom. The van der Waals surface area contributed by atoms with Gasteiger partial charge in [0, 0.05) is 25.7 Å². The van der Waals surface area contributed by atoms with Crippen LogP contribution in [-0.4, -0.2) is 58.1 Å². The minimum atomic E-state index is -0.822. The molecule has 0 aliphatic carbocycles. The molecule has 0 bridgehead atoms. The van der Waals surface area contributed by atoms with Crippen LogP contribution in [0.2, 0.25) is 0 Å². The lowest BCUT2D eigenvalue weighted by molar-refractivity contribution is -0.132. The number of β-amino-alcohol motifs (C(OH)–C–C–N with tert-alkyl or cyclic N) is 1. The van der Waals surface area contributed by atoms with E-state index in [0.29, 0.717) is 26.1 Å². The Bertz CT molecular complexity index is 604. The normalized spacial score (nSPS) is 26.3. The molecule has 2 saturated heterocycles. The lowest BCUT2D eigenvalue weighted by Gasteiger charge is -2.24. The van der Waals surface area contributed by atoms with E-state index < -0.39 is 11.6 Å². The largest absolute Gasteiger partial charge is 0.387 e. The average molecular weight is 317 g/mol. The number of rotatable bonds is 4. The highest BCUT2D eigenvalue weighted by atomic mass is 16.3. The molecule has 0 aromatic heterocycles. The molecule has 6 heteroatoms. The number of hydrogen-bond acceptors (Lipinski definition) is 4. The number of urea groups is 1. The van der Waals surface area contributed by atoms with Crippen molar-refractivity contribution in [1.82, 2.24) is 15.1 Å². The lowest BCUT2D eigenvalue weighted by atomic mass is 9.98. The SMILES string of the molecule is CC(C)N1C(=O)N[C@]2(CCN(C[C@H](O)c3ccccc3)C2)C1=O. The van der Waals surface area contributed by atoms with Crippen LogP contribution >= 0.6 is 0 Å². The van der Waals surface area contributed by atoms with Crippen LogP contribution in [0, 0.1) is 0 Å². The third-order valence-electron chi connectivity index (χ3n) is 4.67. The third kappa shape index (κ3) is 2.84. The van der Waals surface area contributed by atoms with Gasteiger partial charge in [0.15, 0.2) is 0 Å². The summed E-state index contributed by atoms with van der Waals surface area (Å²) in [7, 11) is 0. The van der Waals surface area contributed by atoms with Gasteiger partial charge in [-0.05, 0) is 25.8 Å². The van der Waals surface area contributed by atoms with Gasteiger partial charge in [-0.1, -0.05) is 30.3 Å². The molecule has 2 aliphatic heterocycles. The minimum absolute atomic E-state index is 0.144. The van der Waals surface area contributed by atoms with Crippen LogP contribution in [0.1, 0.15) is 31.9 Å². The fourth-order valence-corrected chi connectivity index (χ4v) is 3.46. The van der Waals surface area contributed by atoms with Crippen molar-refractivity contribution in [2.24, 2.45) is 0 Å². The average Bonchev–Trinajstić information content (AvgIpc) is 3.02. The molecule has 124 valence electrons. The van der Waals surface area contributed by atoms with Crippen molar-refractivity contribution in [3.8, 4) is 0 Å². The van der Waals surface area contributed by atoms with Gasteiger partial charge in [0.1, 0.15) is 5.54 Å². The molecule has 3 rings (SSSR count). The molecule has 0 unspecified atom stereocenters. The van der Waals surface area contributed by atoms with Gasteiger partial charge in [0.2, 0.25) is 0 Å². The number of hydrogen-bond donors (Lipinski definition) is 2. The summed E-state index contributed by atoms with van der Waals surface area (Å²) < 4.78 is 0. The van der Waals surface area contributed by atoms with Crippen LogP contribution in [0.4, 0.5) is 4.79 Å². The van der Waals surface area contributed by atoms with E-state index >= 15 is 0 Å². The third-order valence-corrected chi connectivity index (χ3v) is 4.67. The summed E-state index contributed by atoms with van der Waals surface area (Å²) in [6.07, 6.45) is -0.0118. The molecule has 2 aliphatic rings. The summed E-state index contributed by atoms with van der Waals surface area (Å²) in [6.45, 7) is 5.26. The van der Waals surface area contributed by atoms with Gasteiger partial charge in [-0.15, -0.1) is 0 Å². The number of amides is 3. The maximum Gasteiger partial charge on any atom is 0.325 e. The van der Waals surface area contributed by atoms with Gasteiger partial charge in [-0.3, -0.25) is 14.6 Å². The number of likely N-dealkylation sites (tertiary alicyclic amines) is 1. The highest BCUT2D eigenvalue weighted by Crippen LogP contribution is 2.30. The molecule has 0 radical (unpaired) electrons. The molecular weight excluding hydrogens is 294 g/mol. The van der Waals surface area contributed by atoms with Crippen molar-refractivity contribution in [2.45, 2.75) is 38.0 Å². The molecule has 23 heavy (non-hydrogen) atoms. The van der Waals surface area contributed by atoms with Crippen LogP contribution in [0.3, 0.4) is 0 Å². The zero-order valence-corrected chi connectivity index (χ0v) is 13.5. The number of aliphatic hydroxyl groups excluding tert-OH is 1. The molecule has 2 atom stereocenters. The van der Waals surface area contributed by atoms with Crippen molar-refractivity contribution in [3.05, 3.63) is 35.9 Å². The number of benzene rings is 1. The molecule has 2 heterocycles. The predicted molar refractivity (Wildman–Crippen MR) is 85.7 cm³/mol. The van der Waals surface area contributed by atoms with Gasteiger partial charge in [0.05, 0.1) is 6.10 Å². The fraction of sp³-hybridized carbons (Fsp3) is 0.529. The first kappa shape index (κ1) is 16.0. The van der Waals surface area contributed by atoms with Crippen LogP contribution < -0.4 is 5.32 Å². The predicted octanol–water partition coefficient (Wildman–Crippen LogP) is 1.12. The van der Waals surface area contributed by atoms with E-state index in [9.17, 15) is 14.7 Å². The van der Waals surface area contributed by atoms with E-state index in [1.54, 1.807) is 0 Å². The van der Waals surface area contributed by atoms with E-state index in [0.717, 1.165) is 5.56 Å². The summed E-state index contributed by atoms with van der Waals surface area (Å²) in [5.41, 5.74) is 0.0386. The Kier molecular flexibility index (Phi) is 4.12. The van der Waals surface area contributed by atoms with Gasteiger partial charge >= 0.3 is 6.03 Å². The zero-order valence-electron chi connectivity index (χ0n) is 13.5. The molecule has 0 saturated carbocycles. The number of nitrogens with one attached hydrogen (secondary N) is 1. The highest BCUT2D eigenvalue weighted by molar-refractivity contribution is 6.07. The Balaban J connectivity index is 1.67. The monoisotopic (exact) mass is 317 g/mol. The van der Waals surface area contributed by atoms with E-state index in [4.69, 9.17) is 0 Å². The molecule has 1 spiro atoms. The van der Waals surface area contributed by atoms with Gasteiger partial charge < -0.3 is 10.4 Å². The Hall–Kier alpha value is -1.92. The summed E-state index contributed by atoms with van der Waals surface area (Å²) in [5.74, 6) is -0.144. The quantitative estimate of drug-likeness (QED) is 0.817. The number of aliphatic hydroxyl groups is 1. The maximum absolute atomic E-state index is 12.6. The molecule has 2 N–H and O–H groups in total. The van der Waals surface area contributed by atoms with E-state index in [1.807, 2.05) is 49.1 Å². The summed E-state index contributed by atoms with van der Waals surface area (Å²) in [6, 6.07) is 9.02. The molecule has 6 nitrogen and oxygen atoms in total. The van der Waals surface area contributed by atoms with E-state index in [-0.39, 0.29) is 18.0 Å². The second-order valence-corrected chi connectivity index (χ2v) is 6.69. The number of imide groups is 1. The first-order valence-electron chi connectivity index (χ1n) is 8.04. The van der Waals surface area contributed by atoms with Crippen molar-refractivity contribution >= 4 is 11.9 Å². The summed E-state index contributed by atoms with van der Waals surface area (Å²) in [5, 5.41) is 13.2. The van der Waals surface area contributed by atoms with Crippen LogP contribution in [0.5, 0.6) is 0 Å². The molecule has 1 aromatic rings. The van der Waals surface area contributed by atoms with E-state index in [2.05, 4.69) is 5.32 Å². The van der Waals surface area contributed by atoms with Crippen molar-refractivity contribution in [3.63, 3.8) is 0 Å². The summed E-state index contributed by atoms with van der Waals surface area (Å²) in [4.78, 5) is 28.0. The zero-order chi connectivity index (χ0) is 16.6. The van der Waals surface area contributed by atoms with Crippen LogP contribution in [0.25, 0.3) is 0 Å². The molecule has 2 fully saturated rings. The number of carbonyl (C=O) groups excluding carboxylic acids is 2. The molecular formula is C17H23N3O3. The van der Waals surface area contributed by atoms with Gasteiger partial charge in [0.25, 0.3) is 5.91 Å². The minimum Gasteiger partial charge on any atom is -0.387 e. The first-order valence-corrected chi connectivity index (χ1v) is 8.04. The summed E-state index contributed by atoms with van der Waals surface area (Å²) >= 11 is 0. The second-order valence-electron chi connectivity index (χ2n) is 6.69. The smallest absolute Gasteiger partial charge is 0.325 e. The Labute approximate surface area is 136 Å². The topological polar surface area (TPSA) is 72.9 Å². The number of nitrogens with zero attached hydrogens (tertiary/aromatic N) is 2. The van der Waals surface area contributed by atoms with Gasteiger partial charge in [-0.2, -0.15) is 0 Å². The fourth-order valence-electron chi connectivity index (χ4n) is 3.46. The Morgan fingerprint density at radius 3 is 2.57 bits per heavy atom. The van der Waals surface area contributed by atoms with Gasteiger partial charge in [-0.25, -0.2) is 4.79 Å². The maximum atomic E-state index is 12.6. The van der Waals surface area contributed by atoms with Crippen molar-refractivity contribution in [2.75, 3.05) is 19.6 Å². The standard InChI is InChI=1S/C17H23N3O3/c1-12(2)20-15(22)17(18-16(20)23)8-9-19(11-17)10-14(21)13-6-4-3-5-7-13/h3-7,12,14,21H,8-11H2,1-2H3,(H,18,23)/t14-,17-/m0/s1. The van der Waals surface area contributed by atoms with E-state index in [1.165, 1.54) is 4.90 Å². The first-order chi connectivity index (χ1) is 10.9. The Morgan fingerprint density at radius 2 is 1.96 bits per heavy atom. The second kappa shape index (κ2) is 5.94. The van der Waals surface area contributed by atoms with Crippen molar-refractivity contribution in [1.29, 1.82) is 0 Å². The van der Waals surface area contributed by atoms with Crippen LogP contribution in [0.15, 0.2) is 30.3 Å². The number of carbonyl (C=O) groups is 2. The van der Waals surface area contributed by atoms with Crippen LogP contribution in [-0.2, 0) is 4.79 Å². The lowest BCUT2D eigenvalue weighted by Crippen LogP contribution is -2.50. The molecule has 1 aromatic carbocycles. The highest BCUT2D eigenvalue weighted by Gasteiger charge is 2.55. The molecule has 3 amide bonds.